The van der Waals surface area contributed by atoms with Gasteiger partial charge >= 0.3 is 5.97 Å². The Labute approximate surface area is 133 Å². The fourth-order valence-electron chi connectivity index (χ4n) is 1.17. The number of benzene rings is 1. The van der Waals surface area contributed by atoms with Crippen molar-refractivity contribution in [2.24, 2.45) is 0 Å². The molecular formula is C12H6Cl4O4. The first kappa shape index (κ1) is 16.9. The first-order valence-corrected chi connectivity index (χ1v) is 6.45. The topological polar surface area (TPSA) is 74.6 Å². The monoisotopic (exact) mass is 354 g/mol. The Bertz CT molecular complexity index is 634. The van der Waals surface area contributed by atoms with Crippen LogP contribution in [0.25, 0.3) is 5.76 Å². The minimum absolute atomic E-state index is 0.157. The smallest absolute Gasteiger partial charge is 0.378 e. The summed E-state index contributed by atoms with van der Waals surface area (Å²) >= 11 is 22.8. The molecule has 0 aromatic heterocycles. The molecule has 0 bridgehead atoms. The summed E-state index contributed by atoms with van der Waals surface area (Å²) in [4.78, 5) is 21.6. The van der Waals surface area contributed by atoms with Gasteiger partial charge in [-0.1, -0.05) is 58.5 Å². The van der Waals surface area contributed by atoms with Crippen LogP contribution in [0.15, 0.2) is 39.4 Å². The normalized spacial score (nSPS) is 13.4. The highest BCUT2D eigenvalue weighted by Crippen LogP contribution is 2.33. The van der Waals surface area contributed by atoms with Gasteiger partial charge in [0.2, 0.25) is 0 Å². The Morgan fingerprint density at radius 1 is 0.900 bits per heavy atom. The van der Waals surface area contributed by atoms with Gasteiger partial charge in [0.15, 0.2) is 0 Å². The molecule has 0 atom stereocenters. The van der Waals surface area contributed by atoms with Crippen LogP contribution in [0.1, 0.15) is 5.56 Å². The van der Waals surface area contributed by atoms with Crippen LogP contribution in [-0.4, -0.2) is 22.0 Å². The van der Waals surface area contributed by atoms with Crippen molar-refractivity contribution in [2.45, 2.75) is 0 Å². The highest BCUT2D eigenvalue weighted by atomic mass is 35.5. The lowest BCUT2D eigenvalue weighted by atomic mass is 10.1. The highest BCUT2D eigenvalue weighted by Gasteiger charge is 2.23. The Kier molecular flexibility index (Phi) is 5.89. The van der Waals surface area contributed by atoms with E-state index in [4.69, 9.17) is 51.5 Å². The van der Waals surface area contributed by atoms with E-state index in [2.05, 4.69) is 0 Å². The Morgan fingerprint density at radius 2 is 1.45 bits per heavy atom. The van der Waals surface area contributed by atoms with Crippen LogP contribution >= 0.6 is 46.4 Å². The van der Waals surface area contributed by atoms with Gasteiger partial charge in [-0.2, -0.15) is 0 Å². The molecule has 20 heavy (non-hydrogen) atoms. The van der Waals surface area contributed by atoms with Gasteiger partial charge in [-0.25, -0.2) is 4.79 Å². The number of halogens is 4. The van der Waals surface area contributed by atoms with Gasteiger partial charge in [-0.15, -0.1) is 0 Å². The average molecular weight is 356 g/mol. The lowest BCUT2D eigenvalue weighted by molar-refractivity contribution is -0.146. The molecule has 0 aliphatic heterocycles. The van der Waals surface area contributed by atoms with Crippen LogP contribution in [0.4, 0.5) is 0 Å². The number of Topliss-reactive ketones (excluding diaryl/α,β-unsaturated/α-hetero) is 1. The number of hydrogen-bond donors (Lipinski definition) is 2. The number of allylic oxidation sites excluding steroid dienone is 2. The summed E-state index contributed by atoms with van der Waals surface area (Å²) in [6, 6.07) is 6.17. The van der Waals surface area contributed by atoms with E-state index in [0.29, 0.717) is 0 Å². The molecule has 0 unspecified atom stereocenters. The molecule has 0 saturated heterocycles. The fourth-order valence-corrected chi connectivity index (χ4v) is 1.99. The summed E-state index contributed by atoms with van der Waals surface area (Å²) in [5.41, 5.74) is 0.157. The van der Waals surface area contributed by atoms with Gasteiger partial charge in [-0.3, -0.25) is 4.79 Å². The van der Waals surface area contributed by atoms with E-state index in [1.807, 2.05) is 0 Å². The zero-order valence-corrected chi connectivity index (χ0v) is 12.6. The standard InChI is InChI=1S/C12H6Cl4O4/c13-6-4-2-1-3-5(6)10(17)8(15)7(14)9(16)11(18)12(19)20/h1-4,17H,(H,19,20)/b9-7+,10-8+. The van der Waals surface area contributed by atoms with Crippen molar-refractivity contribution in [3.63, 3.8) is 0 Å². The molecule has 0 aliphatic rings. The average Bonchev–Trinajstić information content (AvgIpc) is 2.43. The number of ketones is 1. The number of carbonyl (C=O) groups is 2. The molecule has 0 fully saturated rings. The van der Waals surface area contributed by atoms with Crippen LogP contribution in [0.2, 0.25) is 5.02 Å². The summed E-state index contributed by atoms with van der Waals surface area (Å²) in [5, 5.41) is 16.7. The third kappa shape index (κ3) is 3.67. The van der Waals surface area contributed by atoms with Crippen LogP contribution in [-0.2, 0) is 9.59 Å². The molecule has 0 spiro atoms. The van der Waals surface area contributed by atoms with Gasteiger partial charge in [0.1, 0.15) is 15.8 Å². The molecule has 1 aromatic rings. The highest BCUT2D eigenvalue weighted by molar-refractivity contribution is 6.61. The number of hydrogen-bond acceptors (Lipinski definition) is 3. The summed E-state index contributed by atoms with van der Waals surface area (Å²) in [5.74, 6) is -3.77. The van der Waals surface area contributed by atoms with Crippen molar-refractivity contribution >= 4 is 63.9 Å². The van der Waals surface area contributed by atoms with Gasteiger partial charge in [0.25, 0.3) is 5.78 Å². The van der Waals surface area contributed by atoms with E-state index in [1.54, 1.807) is 12.1 Å². The van der Waals surface area contributed by atoms with Gasteiger partial charge in [-0.05, 0) is 12.1 Å². The third-order valence-electron chi connectivity index (χ3n) is 2.12. The first-order valence-electron chi connectivity index (χ1n) is 4.94. The maximum absolute atomic E-state index is 11.2. The van der Waals surface area contributed by atoms with Gasteiger partial charge in [0, 0.05) is 5.56 Å². The van der Waals surface area contributed by atoms with E-state index in [0.717, 1.165) is 0 Å². The maximum Gasteiger partial charge on any atom is 0.378 e. The summed E-state index contributed by atoms with van der Waals surface area (Å²) in [6.07, 6.45) is 0. The molecule has 1 aromatic carbocycles. The van der Waals surface area contributed by atoms with E-state index in [-0.39, 0.29) is 10.6 Å². The quantitative estimate of drug-likeness (QED) is 0.368. The molecule has 2 N–H and O–H groups in total. The van der Waals surface area contributed by atoms with E-state index in [9.17, 15) is 14.7 Å². The lowest BCUT2D eigenvalue weighted by Gasteiger charge is -2.06. The number of aliphatic hydroxyl groups is 1. The summed E-state index contributed by atoms with van der Waals surface area (Å²) in [6.45, 7) is 0. The number of carboxylic acid groups (broad SMARTS) is 1. The van der Waals surface area contributed by atoms with Crippen molar-refractivity contribution in [3.8, 4) is 0 Å². The second-order valence-corrected chi connectivity index (χ2v) is 4.95. The Balaban J connectivity index is 3.35. The zero-order chi connectivity index (χ0) is 15.4. The van der Waals surface area contributed by atoms with Crippen molar-refractivity contribution < 1.29 is 19.8 Å². The Hall–Kier alpha value is -1.20. The molecule has 0 aliphatic carbocycles. The predicted molar refractivity (Wildman–Crippen MR) is 78.2 cm³/mol. The molecule has 1 rings (SSSR count). The van der Waals surface area contributed by atoms with Crippen LogP contribution in [0.3, 0.4) is 0 Å². The molecule has 0 amide bonds. The number of carboxylic acids is 1. The van der Waals surface area contributed by atoms with Crippen molar-refractivity contribution in [3.05, 3.63) is 49.9 Å². The minimum atomic E-state index is -1.80. The maximum atomic E-state index is 11.2. The van der Waals surface area contributed by atoms with Crippen LogP contribution in [0, 0.1) is 0 Å². The molecule has 106 valence electrons. The summed E-state index contributed by atoms with van der Waals surface area (Å²) < 4.78 is 0. The minimum Gasteiger partial charge on any atom is -0.506 e. The predicted octanol–water partition coefficient (Wildman–Crippen LogP) is 4.15. The van der Waals surface area contributed by atoms with Crippen LogP contribution in [0.5, 0.6) is 0 Å². The second kappa shape index (κ2) is 6.99. The number of aliphatic carboxylic acids is 1. The first-order chi connectivity index (χ1) is 9.27. The molecule has 4 nitrogen and oxygen atoms in total. The van der Waals surface area contributed by atoms with Crippen molar-refractivity contribution in [1.29, 1.82) is 0 Å². The van der Waals surface area contributed by atoms with E-state index < -0.39 is 32.6 Å². The molecular weight excluding hydrogens is 350 g/mol. The molecule has 0 radical (unpaired) electrons. The number of aliphatic hydroxyl groups excluding tert-OH is 1. The Morgan fingerprint density at radius 3 is 1.95 bits per heavy atom. The van der Waals surface area contributed by atoms with Crippen LogP contribution < -0.4 is 0 Å². The van der Waals surface area contributed by atoms with Crippen molar-refractivity contribution in [1.82, 2.24) is 0 Å². The molecule has 0 heterocycles. The third-order valence-corrected chi connectivity index (χ3v) is 3.75. The summed E-state index contributed by atoms with van der Waals surface area (Å²) in [7, 11) is 0. The molecule has 8 heteroatoms. The largest absolute Gasteiger partial charge is 0.506 e. The van der Waals surface area contributed by atoms with E-state index in [1.165, 1.54) is 12.1 Å². The number of carbonyl (C=O) groups excluding carboxylic acids is 1. The number of rotatable bonds is 4. The van der Waals surface area contributed by atoms with Gasteiger partial charge in [0.05, 0.1) is 10.1 Å². The van der Waals surface area contributed by atoms with Crippen molar-refractivity contribution in [2.75, 3.05) is 0 Å². The SMILES string of the molecule is O=C(O)C(=O)/C(Cl)=C(Cl)/C(Cl)=C(\O)c1ccccc1Cl. The van der Waals surface area contributed by atoms with E-state index >= 15 is 0 Å². The fraction of sp³-hybridized carbons (Fsp3) is 0. The zero-order valence-electron chi connectivity index (χ0n) is 9.53. The molecule has 0 saturated carbocycles. The van der Waals surface area contributed by atoms with Gasteiger partial charge < -0.3 is 10.2 Å². The lowest BCUT2D eigenvalue weighted by Crippen LogP contribution is -2.13. The second-order valence-electron chi connectivity index (χ2n) is 3.40.